The van der Waals surface area contributed by atoms with Gasteiger partial charge in [0, 0.05) is 23.1 Å². The number of carbonyl (C=O) groups is 1. The fraction of sp³-hybridized carbons (Fsp3) is 0.300. The maximum absolute atomic E-state index is 14.1. The van der Waals surface area contributed by atoms with Crippen LogP contribution in [0.4, 0.5) is 0 Å². The largest absolute Gasteiger partial charge is 0.460 e. The molecule has 13 heteroatoms. The van der Waals surface area contributed by atoms with E-state index in [-0.39, 0.29) is 19.0 Å². The SMILES string of the molecule is O=C(CNP(=O)(OCC1OC(n2ccc(=O)[nH]c2=O)C2(CC2)C1O)Oc1cccc2ccccc12)OCc1ccccc1. The van der Waals surface area contributed by atoms with E-state index in [2.05, 4.69) is 10.1 Å². The van der Waals surface area contributed by atoms with Crippen LogP contribution in [-0.4, -0.2) is 46.0 Å². The third kappa shape index (κ3) is 6.20. The lowest BCUT2D eigenvalue weighted by atomic mass is 9.96. The third-order valence-electron chi connectivity index (χ3n) is 7.70. The summed E-state index contributed by atoms with van der Waals surface area (Å²) in [6.45, 7) is -0.833. The van der Waals surface area contributed by atoms with Crippen molar-refractivity contribution in [3.63, 3.8) is 0 Å². The van der Waals surface area contributed by atoms with E-state index in [1.807, 2.05) is 54.6 Å². The molecule has 12 nitrogen and oxygen atoms in total. The number of aromatic nitrogens is 2. The van der Waals surface area contributed by atoms with E-state index in [1.165, 1.54) is 16.8 Å². The van der Waals surface area contributed by atoms with Crippen molar-refractivity contribution < 1.29 is 33.0 Å². The number of hydrogen-bond acceptors (Lipinski definition) is 9. The second-order valence-electron chi connectivity index (χ2n) is 10.6. The van der Waals surface area contributed by atoms with Crippen molar-refractivity contribution in [2.24, 2.45) is 5.41 Å². The van der Waals surface area contributed by atoms with Gasteiger partial charge in [-0.3, -0.25) is 23.7 Å². The fourth-order valence-electron chi connectivity index (χ4n) is 5.29. The molecule has 2 aliphatic rings. The van der Waals surface area contributed by atoms with Crippen LogP contribution in [-0.2, 0) is 30.0 Å². The minimum absolute atomic E-state index is 0.0341. The van der Waals surface area contributed by atoms with Crippen LogP contribution < -0.4 is 20.9 Å². The van der Waals surface area contributed by atoms with Crippen molar-refractivity contribution in [1.82, 2.24) is 14.6 Å². The first kappa shape index (κ1) is 29.0. The standard InChI is InChI=1S/C30H30N3O9P/c34-25-13-16-33(29(37)32-25)28-30(14-15-30)27(36)24(41-28)19-40-43(38,31-17-26(35)39-18-20-7-2-1-3-8-20)42-23-12-6-10-21-9-4-5-11-22(21)23/h1-13,16,24,27-28,36H,14-15,17-19H2,(H,31,38)(H,32,34,37). The Kier molecular flexibility index (Phi) is 8.04. The van der Waals surface area contributed by atoms with Gasteiger partial charge in [-0.15, -0.1) is 0 Å². The highest BCUT2D eigenvalue weighted by atomic mass is 31.2. The van der Waals surface area contributed by atoms with Gasteiger partial charge in [0.2, 0.25) is 0 Å². The van der Waals surface area contributed by atoms with Gasteiger partial charge in [-0.25, -0.2) is 14.4 Å². The number of H-pyrrole nitrogens is 1. The lowest BCUT2D eigenvalue weighted by Gasteiger charge is -2.23. The molecular weight excluding hydrogens is 577 g/mol. The lowest BCUT2D eigenvalue weighted by Crippen LogP contribution is -2.35. The summed E-state index contributed by atoms with van der Waals surface area (Å²) in [4.78, 5) is 38.8. The number of esters is 1. The van der Waals surface area contributed by atoms with Crippen molar-refractivity contribution in [3.05, 3.63) is 111 Å². The van der Waals surface area contributed by atoms with Gasteiger partial charge < -0.3 is 19.1 Å². The van der Waals surface area contributed by atoms with Crippen molar-refractivity contribution in [3.8, 4) is 5.75 Å². The average Bonchev–Trinajstić information content (AvgIpc) is 3.77. The molecule has 1 saturated heterocycles. The minimum atomic E-state index is -4.26. The Balaban J connectivity index is 1.19. The molecule has 3 aromatic carbocycles. The van der Waals surface area contributed by atoms with E-state index in [4.69, 9.17) is 18.5 Å². The highest BCUT2D eigenvalue weighted by molar-refractivity contribution is 7.52. The predicted octanol–water partition coefficient (Wildman–Crippen LogP) is 3.27. The highest BCUT2D eigenvalue weighted by Crippen LogP contribution is 2.62. The van der Waals surface area contributed by atoms with Crippen LogP contribution in [0.5, 0.6) is 5.75 Å². The number of benzene rings is 3. The molecule has 224 valence electrons. The summed E-state index contributed by atoms with van der Waals surface area (Å²) < 4.78 is 38.4. The first-order valence-corrected chi connectivity index (χ1v) is 15.3. The predicted molar refractivity (Wildman–Crippen MR) is 155 cm³/mol. The number of aliphatic hydroxyl groups excluding tert-OH is 1. The summed E-state index contributed by atoms with van der Waals surface area (Å²) in [6, 6.07) is 22.9. The Bertz CT molecular complexity index is 1780. The molecule has 1 saturated carbocycles. The zero-order valence-electron chi connectivity index (χ0n) is 23.0. The van der Waals surface area contributed by atoms with E-state index in [1.54, 1.807) is 18.2 Å². The summed E-state index contributed by atoms with van der Waals surface area (Å²) in [5.74, 6) is -0.420. The normalized spacial score (nSPS) is 21.8. The third-order valence-corrected chi connectivity index (χ3v) is 9.18. The minimum Gasteiger partial charge on any atom is -0.460 e. The fourth-order valence-corrected chi connectivity index (χ4v) is 6.59. The summed E-state index contributed by atoms with van der Waals surface area (Å²) in [7, 11) is -4.26. The average molecular weight is 608 g/mol. The van der Waals surface area contributed by atoms with Crippen molar-refractivity contribution in [2.75, 3.05) is 13.2 Å². The van der Waals surface area contributed by atoms with Crippen LogP contribution >= 0.6 is 7.75 Å². The number of rotatable bonds is 11. The molecule has 1 aliphatic heterocycles. The summed E-state index contributed by atoms with van der Waals surface area (Å²) >= 11 is 0. The Morgan fingerprint density at radius 3 is 2.56 bits per heavy atom. The quantitative estimate of drug-likeness (QED) is 0.171. The maximum Gasteiger partial charge on any atom is 0.459 e. The van der Waals surface area contributed by atoms with Crippen LogP contribution in [0, 0.1) is 5.41 Å². The molecule has 1 spiro atoms. The molecule has 4 unspecified atom stereocenters. The number of nitrogens with zero attached hydrogens (tertiary/aromatic N) is 1. The van der Waals surface area contributed by atoms with E-state index in [9.17, 15) is 24.1 Å². The molecule has 0 bridgehead atoms. The second-order valence-corrected chi connectivity index (χ2v) is 12.3. The van der Waals surface area contributed by atoms with E-state index >= 15 is 0 Å². The van der Waals surface area contributed by atoms with E-state index in [0.29, 0.717) is 18.2 Å². The summed E-state index contributed by atoms with van der Waals surface area (Å²) in [5, 5.41) is 15.3. The molecular formula is C30H30N3O9P. The molecule has 3 N–H and O–H groups in total. The Morgan fingerprint density at radius 1 is 1.05 bits per heavy atom. The smallest absolute Gasteiger partial charge is 0.459 e. The number of ether oxygens (including phenoxy) is 2. The van der Waals surface area contributed by atoms with Gasteiger partial charge in [0.25, 0.3) is 5.56 Å². The van der Waals surface area contributed by atoms with E-state index in [0.717, 1.165) is 10.9 Å². The summed E-state index contributed by atoms with van der Waals surface area (Å²) in [6.07, 6.45) is -0.424. The van der Waals surface area contributed by atoms with Crippen molar-refractivity contribution in [2.45, 2.75) is 37.9 Å². The molecule has 6 rings (SSSR count). The molecule has 43 heavy (non-hydrogen) atoms. The lowest BCUT2D eigenvalue weighted by molar-refractivity contribution is -0.143. The molecule has 0 amide bonds. The number of nitrogens with one attached hydrogen (secondary N) is 2. The monoisotopic (exact) mass is 607 g/mol. The Labute approximate surface area is 245 Å². The molecule has 1 aromatic heterocycles. The zero-order valence-corrected chi connectivity index (χ0v) is 23.9. The van der Waals surface area contributed by atoms with Gasteiger partial charge in [-0.1, -0.05) is 66.7 Å². The molecule has 1 aliphatic carbocycles. The Hall–Kier alpha value is -4.06. The number of aromatic amines is 1. The Morgan fingerprint density at radius 2 is 1.79 bits per heavy atom. The highest BCUT2D eigenvalue weighted by Gasteiger charge is 2.64. The van der Waals surface area contributed by atoms with Gasteiger partial charge in [0.05, 0.1) is 12.7 Å². The van der Waals surface area contributed by atoms with Gasteiger partial charge >= 0.3 is 19.4 Å². The van der Waals surface area contributed by atoms with Crippen LogP contribution in [0.2, 0.25) is 0 Å². The maximum atomic E-state index is 14.1. The topological polar surface area (TPSA) is 158 Å². The van der Waals surface area contributed by atoms with Crippen LogP contribution in [0.3, 0.4) is 0 Å². The van der Waals surface area contributed by atoms with Crippen LogP contribution in [0.25, 0.3) is 10.8 Å². The first-order chi connectivity index (χ1) is 20.8. The molecule has 2 fully saturated rings. The zero-order chi connectivity index (χ0) is 30.0. The molecule has 4 atom stereocenters. The van der Waals surface area contributed by atoms with Gasteiger partial charge in [-0.2, -0.15) is 0 Å². The number of fused-ring (bicyclic) bond motifs is 1. The van der Waals surface area contributed by atoms with Crippen LogP contribution in [0.15, 0.2) is 94.6 Å². The van der Waals surface area contributed by atoms with Crippen LogP contribution in [0.1, 0.15) is 24.6 Å². The number of aliphatic hydroxyl groups is 1. The molecule has 4 aromatic rings. The van der Waals surface area contributed by atoms with Gasteiger partial charge in [0.1, 0.15) is 31.2 Å². The second kappa shape index (κ2) is 11.9. The van der Waals surface area contributed by atoms with Gasteiger partial charge in [0.15, 0.2) is 0 Å². The summed E-state index contributed by atoms with van der Waals surface area (Å²) in [5.41, 5.74) is -1.19. The van der Waals surface area contributed by atoms with E-state index < -0.39 is 55.4 Å². The number of hydrogen-bond donors (Lipinski definition) is 3. The first-order valence-electron chi connectivity index (χ1n) is 13.8. The number of carbonyl (C=O) groups excluding carboxylic acids is 1. The molecule has 0 radical (unpaired) electrons. The molecule has 2 heterocycles. The van der Waals surface area contributed by atoms with Gasteiger partial charge in [-0.05, 0) is 29.9 Å². The van der Waals surface area contributed by atoms with Crippen molar-refractivity contribution in [1.29, 1.82) is 0 Å². The van der Waals surface area contributed by atoms with Crippen molar-refractivity contribution >= 4 is 24.5 Å².